The molecule has 2 N–H and O–H groups in total. The first-order valence-electron chi connectivity index (χ1n) is 9.34. The Morgan fingerprint density at radius 3 is 2.70 bits per heavy atom. The van der Waals surface area contributed by atoms with Crippen molar-refractivity contribution in [2.45, 2.75) is 0 Å². The van der Waals surface area contributed by atoms with Crippen molar-refractivity contribution in [3.05, 3.63) is 65.6 Å². The lowest BCUT2D eigenvalue weighted by Gasteiger charge is -2.18. The van der Waals surface area contributed by atoms with Gasteiger partial charge in [0.05, 0.1) is 12.2 Å². The fourth-order valence-corrected chi connectivity index (χ4v) is 3.53. The fourth-order valence-electron chi connectivity index (χ4n) is 2.79. The van der Waals surface area contributed by atoms with Crippen molar-refractivity contribution < 1.29 is 19.1 Å². The normalized spacial score (nSPS) is 12.5. The summed E-state index contributed by atoms with van der Waals surface area (Å²) >= 11 is 1.31. The average Bonchev–Trinajstić information content (AvgIpc) is 3.25. The Hall–Kier alpha value is -3.65. The lowest BCUT2D eigenvalue weighted by Crippen LogP contribution is -2.31. The van der Waals surface area contributed by atoms with Crippen LogP contribution in [0.5, 0.6) is 11.5 Å². The summed E-state index contributed by atoms with van der Waals surface area (Å²) < 4.78 is 11.1. The smallest absolute Gasteiger partial charge is 0.245 e. The molecule has 3 aromatic rings. The zero-order valence-corrected chi connectivity index (χ0v) is 16.8. The Balaban J connectivity index is 1.30. The van der Waals surface area contributed by atoms with Gasteiger partial charge in [-0.3, -0.25) is 9.59 Å². The highest BCUT2D eigenvalue weighted by molar-refractivity contribution is 7.14. The van der Waals surface area contributed by atoms with Crippen LogP contribution in [0.15, 0.2) is 60.0 Å². The van der Waals surface area contributed by atoms with Crippen molar-refractivity contribution in [3.8, 4) is 22.8 Å². The Morgan fingerprint density at radius 1 is 1.07 bits per heavy atom. The van der Waals surface area contributed by atoms with Crippen LogP contribution >= 0.6 is 11.3 Å². The maximum absolute atomic E-state index is 12.1. The van der Waals surface area contributed by atoms with E-state index in [-0.39, 0.29) is 18.4 Å². The molecule has 1 aliphatic heterocycles. The summed E-state index contributed by atoms with van der Waals surface area (Å²) in [4.78, 5) is 28.4. The standard InChI is InChI=1S/C22H19N3O4S/c26-20(9-6-15-4-2-1-3-5-15)23-13-21(27)25-22-24-17(14-30-22)16-7-8-18-19(12-16)29-11-10-28-18/h1-9,12,14H,10-11,13H2,(H,23,26)(H,24,25,27)/b9-6+. The van der Waals surface area contributed by atoms with Gasteiger partial charge in [0.25, 0.3) is 0 Å². The van der Waals surface area contributed by atoms with Crippen molar-refractivity contribution in [1.82, 2.24) is 10.3 Å². The second-order valence-corrected chi connectivity index (χ2v) is 7.26. The molecular formula is C22H19N3O4S. The van der Waals surface area contributed by atoms with Gasteiger partial charge in [0.15, 0.2) is 16.6 Å². The maximum Gasteiger partial charge on any atom is 0.245 e. The lowest BCUT2D eigenvalue weighted by molar-refractivity contribution is -0.121. The van der Waals surface area contributed by atoms with Crippen LogP contribution in [0.4, 0.5) is 5.13 Å². The van der Waals surface area contributed by atoms with Crippen LogP contribution in [0.25, 0.3) is 17.3 Å². The first kappa shape index (κ1) is 19.7. The van der Waals surface area contributed by atoms with Gasteiger partial charge in [-0.2, -0.15) is 0 Å². The molecule has 0 saturated carbocycles. The molecule has 7 nitrogen and oxygen atoms in total. The number of hydrogen-bond acceptors (Lipinski definition) is 6. The van der Waals surface area contributed by atoms with E-state index in [1.807, 2.05) is 53.9 Å². The molecule has 0 radical (unpaired) electrons. The monoisotopic (exact) mass is 421 g/mol. The van der Waals surface area contributed by atoms with Gasteiger partial charge in [0.2, 0.25) is 11.8 Å². The van der Waals surface area contributed by atoms with E-state index in [1.165, 1.54) is 17.4 Å². The SMILES string of the molecule is O=C(/C=C/c1ccccc1)NCC(=O)Nc1nc(-c2ccc3c(c2)OCCO3)cs1. The number of amides is 2. The van der Waals surface area contributed by atoms with Crippen LogP contribution < -0.4 is 20.1 Å². The van der Waals surface area contributed by atoms with Gasteiger partial charge in [0.1, 0.15) is 13.2 Å². The van der Waals surface area contributed by atoms with Crippen LogP contribution in [0.1, 0.15) is 5.56 Å². The van der Waals surface area contributed by atoms with Crippen molar-refractivity contribution in [2.75, 3.05) is 25.1 Å². The molecule has 2 heterocycles. The molecule has 0 unspecified atom stereocenters. The van der Waals surface area contributed by atoms with Gasteiger partial charge in [-0.25, -0.2) is 4.98 Å². The molecular weight excluding hydrogens is 402 g/mol. The molecule has 8 heteroatoms. The second kappa shape index (κ2) is 9.23. The van der Waals surface area contributed by atoms with Crippen LogP contribution in [0.3, 0.4) is 0 Å². The first-order chi connectivity index (χ1) is 14.7. The Bertz CT molecular complexity index is 1080. The number of thiazole rings is 1. The van der Waals surface area contributed by atoms with Gasteiger partial charge in [0, 0.05) is 17.0 Å². The third-order valence-electron chi connectivity index (χ3n) is 4.24. The zero-order valence-electron chi connectivity index (χ0n) is 16.0. The third kappa shape index (κ3) is 5.03. The number of carbonyl (C=O) groups is 2. The predicted octanol–water partition coefficient (Wildman–Crippen LogP) is 3.35. The van der Waals surface area contributed by atoms with Gasteiger partial charge < -0.3 is 20.1 Å². The largest absolute Gasteiger partial charge is 0.486 e. The van der Waals surface area contributed by atoms with Gasteiger partial charge in [-0.15, -0.1) is 11.3 Å². The Labute approximate surface area is 177 Å². The molecule has 0 spiro atoms. The molecule has 2 amide bonds. The fraction of sp³-hybridized carbons (Fsp3) is 0.136. The summed E-state index contributed by atoms with van der Waals surface area (Å²) in [5, 5.41) is 7.56. The van der Waals surface area contributed by atoms with Gasteiger partial charge >= 0.3 is 0 Å². The molecule has 152 valence electrons. The van der Waals surface area contributed by atoms with E-state index in [2.05, 4.69) is 15.6 Å². The first-order valence-corrected chi connectivity index (χ1v) is 10.2. The lowest BCUT2D eigenvalue weighted by atomic mass is 10.1. The third-order valence-corrected chi connectivity index (χ3v) is 5.00. The summed E-state index contributed by atoms with van der Waals surface area (Å²) in [5.74, 6) is 0.707. The number of ether oxygens (including phenoxy) is 2. The van der Waals surface area contributed by atoms with E-state index in [1.54, 1.807) is 6.08 Å². The summed E-state index contributed by atoms with van der Waals surface area (Å²) in [6.45, 7) is 0.912. The molecule has 1 aromatic heterocycles. The molecule has 30 heavy (non-hydrogen) atoms. The number of benzene rings is 2. The van der Waals surface area contributed by atoms with Crippen LogP contribution in [-0.4, -0.2) is 36.6 Å². The molecule has 0 fully saturated rings. The average molecular weight is 421 g/mol. The van der Waals surface area contributed by atoms with E-state index in [9.17, 15) is 9.59 Å². The summed E-state index contributed by atoms with van der Waals surface area (Å²) in [6, 6.07) is 15.1. The number of carbonyl (C=O) groups excluding carboxylic acids is 2. The molecule has 1 aliphatic rings. The minimum absolute atomic E-state index is 0.142. The number of nitrogens with zero attached hydrogens (tertiary/aromatic N) is 1. The second-order valence-electron chi connectivity index (χ2n) is 6.41. The van der Waals surface area contributed by atoms with E-state index in [0.717, 1.165) is 16.8 Å². The minimum Gasteiger partial charge on any atom is -0.486 e. The molecule has 0 atom stereocenters. The number of aromatic nitrogens is 1. The highest BCUT2D eigenvalue weighted by Gasteiger charge is 2.14. The number of anilines is 1. The number of rotatable bonds is 6. The topological polar surface area (TPSA) is 89.6 Å². The minimum atomic E-state index is -0.348. The van der Waals surface area contributed by atoms with Crippen molar-refractivity contribution in [3.63, 3.8) is 0 Å². The Morgan fingerprint density at radius 2 is 1.87 bits per heavy atom. The van der Waals surface area contributed by atoms with Crippen molar-refractivity contribution in [1.29, 1.82) is 0 Å². The van der Waals surface area contributed by atoms with Gasteiger partial charge in [-0.05, 0) is 29.8 Å². The number of nitrogens with one attached hydrogen (secondary N) is 2. The number of hydrogen-bond donors (Lipinski definition) is 2. The highest BCUT2D eigenvalue weighted by Crippen LogP contribution is 2.35. The van der Waals surface area contributed by atoms with E-state index in [4.69, 9.17) is 9.47 Å². The summed E-state index contributed by atoms with van der Waals surface area (Å²) in [6.07, 6.45) is 3.08. The van der Waals surface area contributed by atoms with Crippen molar-refractivity contribution >= 4 is 34.4 Å². The quantitative estimate of drug-likeness (QED) is 0.596. The molecule has 2 aromatic carbocycles. The number of fused-ring (bicyclic) bond motifs is 1. The van der Waals surface area contributed by atoms with Crippen LogP contribution in [0.2, 0.25) is 0 Å². The van der Waals surface area contributed by atoms with Gasteiger partial charge in [-0.1, -0.05) is 30.3 Å². The summed E-state index contributed by atoms with van der Waals surface area (Å²) in [5.41, 5.74) is 2.50. The highest BCUT2D eigenvalue weighted by atomic mass is 32.1. The van der Waals surface area contributed by atoms with Crippen molar-refractivity contribution in [2.24, 2.45) is 0 Å². The zero-order chi connectivity index (χ0) is 20.8. The van der Waals surface area contributed by atoms with Crippen LogP contribution in [-0.2, 0) is 9.59 Å². The van der Waals surface area contributed by atoms with Crippen LogP contribution in [0, 0.1) is 0 Å². The predicted molar refractivity (Wildman–Crippen MR) is 116 cm³/mol. The maximum atomic E-state index is 12.1. The molecule has 0 bridgehead atoms. The Kier molecular flexibility index (Phi) is 6.05. The molecule has 0 saturated heterocycles. The van der Waals surface area contributed by atoms with E-state index >= 15 is 0 Å². The van der Waals surface area contributed by atoms with E-state index in [0.29, 0.717) is 29.8 Å². The molecule has 4 rings (SSSR count). The summed E-state index contributed by atoms with van der Waals surface area (Å²) in [7, 11) is 0. The van der Waals surface area contributed by atoms with E-state index < -0.39 is 0 Å². The molecule has 0 aliphatic carbocycles.